The summed E-state index contributed by atoms with van der Waals surface area (Å²) in [5.74, 6) is 0. The maximum atomic E-state index is 11.3. The molecule has 9 heteroatoms. The van der Waals surface area contributed by atoms with Crippen LogP contribution in [-0.4, -0.2) is 37.6 Å². The maximum absolute atomic E-state index is 11.3. The number of anilines is 1. The number of nitrogens with zero attached hydrogens (tertiary/aromatic N) is 2. The molecular weight excluding hydrogens is 286 g/mol. The fraction of sp³-hybridized carbons (Fsp3) is 0.455. The number of primary sulfonamides is 1. The summed E-state index contributed by atoms with van der Waals surface area (Å²) >= 11 is 0. The molecule has 0 heterocycles. The fourth-order valence-corrected chi connectivity index (χ4v) is 2.60. The largest absolute Gasteiger partial charge is 0.395 e. The van der Waals surface area contributed by atoms with E-state index in [-0.39, 0.29) is 29.8 Å². The van der Waals surface area contributed by atoms with Gasteiger partial charge in [-0.2, -0.15) is 0 Å². The van der Waals surface area contributed by atoms with Crippen LogP contribution in [0, 0.1) is 10.1 Å². The molecule has 0 radical (unpaired) electrons. The van der Waals surface area contributed by atoms with Crippen LogP contribution in [0.15, 0.2) is 23.1 Å². The van der Waals surface area contributed by atoms with Crippen molar-refractivity contribution in [2.75, 3.05) is 18.1 Å². The quantitative estimate of drug-likeness (QED) is 0.571. The van der Waals surface area contributed by atoms with E-state index in [0.29, 0.717) is 5.69 Å². The lowest BCUT2D eigenvalue weighted by Gasteiger charge is -2.23. The Morgan fingerprint density at radius 2 is 2.10 bits per heavy atom. The Hall–Kier alpha value is -1.71. The smallest absolute Gasteiger partial charge is 0.293 e. The van der Waals surface area contributed by atoms with E-state index in [1.165, 1.54) is 12.1 Å². The van der Waals surface area contributed by atoms with Gasteiger partial charge in [0.05, 0.1) is 16.4 Å². The molecule has 1 aliphatic carbocycles. The van der Waals surface area contributed by atoms with E-state index in [4.69, 9.17) is 10.2 Å². The minimum absolute atomic E-state index is 0.134. The van der Waals surface area contributed by atoms with Crippen LogP contribution in [0.5, 0.6) is 0 Å². The molecule has 0 saturated heterocycles. The van der Waals surface area contributed by atoms with Crippen molar-refractivity contribution in [3.05, 3.63) is 28.3 Å². The van der Waals surface area contributed by atoms with E-state index < -0.39 is 14.9 Å². The SMILES string of the molecule is NS(=O)(=O)c1ccc(N(CCO)C2CC2)c([N+](=O)[O-])c1. The van der Waals surface area contributed by atoms with Gasteiger partial charge < -0.3 is 10.0 Å². The molecule has 0 atom stereocenters. The van der Waals surface area contributed by atoms with E-state index in [9.17, 15) is 18.5 Å². The van der Waals surface area contributed by atoms with Crippen LogP contribution in [0.2, 0.25) is 0 Å². The van der Waals surface area contributed by atoms with Crippen LogP contribution < -0.4 is 10.0 Å². The summed E-state index contributed by atoms with van der Waals surface area (Å²) in [5, 5.41) is 25.2. The van der Waals surface area contributed by atoms with Gasteiger partial charge >= 0.3 is 0 Å². The van der Waals surface area contributed by atoms with Gasteiger partial charge in [-0.3, -0.25) is 10.1 Å². The van der Waals surface area contributed by atoms with Crippen LogP contribution in [0.4, 0.5) is 11.4 Å². The lowest BCUT2D eigenvalue weighted by atomic mass is 10.2. The molecule has 110 valence electrons. The Bertz CT molecular complexity index is 627. The first kappa shape index (κ1) is 14.7. The summed E-state index contributed by atoms with van der Waals surface area (Å²) in [6.45, 7) is 0.130. The molecule has 1 saturated carbocycles. The summed E-state index contributed by atoms with van der Waals surface area (Å²) in [4.78, 5) is 11.9. The molecule has 1 aromatic carbocycles. The van der Waals surface area contributed by atoms with Crippen molar-refractivity contribution in [2.24, 2.45) is 5.14 Å². The number of rotatable bonds is 6. The number of aliphatic hydroxyl groups is 1. The van der Waals surface area contributed by atoms with Crippen LogP contribution in [0.1, 0.15) is 12.8 Å². The Kier molecular flexibility index (Phi) is 3.93. The van der Waals surface area contributed by atoms with Gasteiger partial charge in [-0.1, -0.05) is 0 Å². The highest BCUT2D eigenvalue weighted by Gasteiger charge is 2.33. The van der Waals surface area contributed by atoms with Gasteiger partial charge in [-0.05, 0) is 25.0 Å². The fourth-order valence-electron chi connectivity index (χ4n) is 2.06. The molecule has 0 bridgehead atoms. The molecule has 0 aromatic heterocycles. The van der Waals surface area contributed by atoms with Crippen LogP contribution in [0.3, 0.4) is 0 Å². The highest BCUT2D eigenvalue weighted by atomic mass is 32.2. The van der Waals surface area contributed by atoms with E-state index in [1.807, 2.05) is 0 Å². The molecule has 1 aromatic rings. The van der Waals surface area contributed by atoms with Crippen LogP contribution in [-0.2, 0) is 10.0 Å². The monoisotopic (exact) mass is 301 g/mol. The number of benzene rings is 1. The van der Waals surface area contributed by atoms with Crippen molar-refractivity contribution >= 4 is 21.4 Å². The highest BCUT2D eigenvalue weighted by Crippen LogP contribution is 2.37. The van der Waals surface area contributed by atoms with E-state index in [2.05, 4.69) is 0 Å². The van der Waals surface area contributed by atoms with Gasteiger partial charge in [-0.15, -0.1) is 0 Å². The van der Waals surface area contributed by atoms with Gasteiger partial charge in [0.15, 0.2) is 0 Å². The minimum atomic E-state index is -3.99. The van der Waals surface area contributed by atoms with Gasteiger partial charge in [0.1, 0.15) is 5.69 Å². The van der Waals surface area contributed by atoms with Gasteiger partial charge in [0, 0.05) is 18.7 Å². The predicted molar refractivity (Wildman–Crippen MR) is 71.9 cm³/mol. The number of aliphatic hydroxyl groups excluding tert-OH is 1. The standard InChI is InChI=1S/C11H15N3O5S/c12-20(18,19)9-3-4-10(11(7-9)14(16)17)13(5-6-15)8-1-2-8/h3-4,7-8,15H,1-2,5-6H2,(H2,12,18,19). The third kappa shape index (κ3) is 3.06. The Labute approximate surface area is 116 Å². The van der Waals surface area contributed by atoms with Crippen molar-refractivity contribution in [1.82, 2.24) is 0 Å². The molecule has 0 unspecified atom stereocenters. The van der Waals surface area contributed by atoms with E-state index in [1.54, 1.807) is 4.90 Å². The zero-order chi connectivity index (χ0) is 14.9. The van der Waals surface area contributed by atoms with Gasteiger partial charge in [0.25, 0.3) is 5.69 Å². The molecule has 1 fully saturated rings. The van der Waals surface area contributed by atoms with Crippen LogP contribution >= 0.6 is 0 Å². The van der Waals surface area contributed by atoms with Gasteiger partial charge in [0.2, 0.25) is 10.0 Å². The number of hydrogen-bond donors (Lipinski definition) is 2. The number of sulfonamides is 1. The lowest BCUT2D eigenvalue weighted by molar-refractivity contribution is -0.384. The molecule has 2 rings (SSSR count). The van der Waals surface area contributed by atoms with E-state index >= 15 is 0 Å². The number of nitro benzene ring substituents is 1. The second kappa shape index (κ2) is 5.35. The third-order valence-corrected chi connectivity index (χ3v) is 4.02. The molecule has 0 amide bonds. The second-order valence-corrected chi connectivity index (χ2v) is 6.16. The molecule has 1 aliphatic rings. The van der Waals surface area contributed by atoms with Crippen molar-refractivity contribution in [3.63, 3.8) is 0 Å². The number of nitrogens with two attached hydrogens (primary N) is 1. The molecule has 8 nitrogen and oxygen atoms in total. The summed E-state index contributed by atoms with van der Waals surface area (Å²) in [6, 6.07) is 3.72. The molecule has 20 heavy (non-hydrogen) atoms. The zero-order valence-corrected chi connectivity index (χ0v) is 11.4. The first-order chi connectivity index (χ1) is 9.34. The zero-order valence-electron chi connectivity index (χ0n) is 10.6. The first-order valence-electron chi connectivity index (χ1n) is 6.03. The summed E-state index contributed by atoms with van der Waals surface area (Å²) in [7, 11) is -3.99. The Balaban J connectivity index is 2.49. The second-order valence-electron chi connectivity index (χ2n) is 4.60. The number of nitro groups is 1. The van der Waals surface area contributed by atoms with Crippen molar-refractivity contribution < 1.29 is 18.4 Å². The number of hydrogen-bond acceptors (Lipinski definition) is 6. The van der Waals surface area contributed by atoms with Crippen molar-refractivity contribution in [3.8, 4) is 0 Å². The highest BCUT2D eigenvalue weighted by molar-refractivity contribution is 7.89. The summed E-state index contributed by atoms with van der Waals surface area (Å²) in [6.07, 6.45) is 1.79. The van der Waals surface area contributed by atoms with Gasteiger partial charge in [-0.25, -0.2) is 13.6 Å². The maximum Gasteiger partial charge on any atom is 0.293 e. The summed E-state index contributed by atoms with van der Waals surface area (Å²) < 4.78 is 22.5. The molecule has 0 spiro atoms. The van der Waals surface area contributed by atoms with Crippen LogP contribution in [0.25, 0.3) is 0 Å². The Morgan fingerprint density at radius 1 is 1.45 bits per heavy atom. The predicted octanol–water partition coefficient (Wildman–Crippen LogP) is 0.203. The summed E-state index contributed by atoms with van der Waals surface area (Å²) in [5.41, 5.74) is -0.0178. The molecular formula is C11H15N3O5S. The van der Waals surface area contributed by atoms with Crippen molar-refractivity contribution in [2.45, 2.75) is 23.8 Å². The lowest BCUT2D eigenvalue weighted by Crippen LogP contribution is -2.29. The average Bonchev–Trinajstić information content (AvgIpc) is 3.18. The van der Waals surface area contributed by atoms with Crippen molar-refractivity contribution in [1.29, 1.82) is 0 Å². The topological polar surface area (TPSA) is 127 Å². The third-order valence-electron chi connectivity index (χ3n) is 3.11. The average molecular weight is 301 g/mol. The normalized spacial score (nSPS) is 15.1. The molecule has 0 aliphatic heterocycles. The molecule has 3 N–H and O–H groups in total. The van der Waals surface area contributed by atoms with E-state index in [0.717, 1.165) is 18.9 Å². The first-order valence-corrected chi connectivity index (χ1v) is 7.58. The Morgan fingerprint density at radius 3 is 2.55 bits per heavy atom. The minimum Gasteiger partial charge on any atom is -0.395 e.